The first-order chi connectivity index (χ1) is 11.4. The number of fused-ring (bicyclic) bond motifs is 1. The van der Waals surface area contributed by atoms with Crippen LogP contribution in [0.3, 0.4) is 0 Å². The van der Waals surface area contributed by atoms with Crippen molar-refractivity contribution in [3.05, 3.63) is 35.8 Å². The molecule has 6 nitrogen and oxygen atoms in total. The fraction of sp³-hybridized carbons (Fsp3) is 0.467. The monoisotopic (exact) mass is 336 g/mol. The molecule has 1 aliphatic rings. The van der Waals surface area contributed by atoms with Crippen LogP contribution < -0.4 is 4.90 Å². The molecule has 0 spiro atoms. The van der Waals surface area contributed by atoms with Crippen molar-refractivity contribution in [1.82, 2.24) is 19.5 Å². The van der Waals surface area contributed by atoms with Crippen LogP contribution in [0.4, 0.5) is 19.0 Å². The maximum atomic E-state index is 12.8. The molecule has 1 unspecified atom stereocenters. The normalized spacial score (nSPS) is 17.2. The highest BCUT2D eigenvalue weighted by molar-refractivity contribution is 5.48. The lowest BCUT2D eigenvalue weighted by Crippen LogP contribution is -2.32. The van der Waals surface area contributed by atoms with Gasteiger partial charge in [0.1, 0.15) is 11.9 Å². The molecule has 2 aromatic rings. The lowest BCUT2D eigenvalue weighted by molar-refractivity contribution is -0.141. The van der Waals surface area contributed by atoms with Gasteiger partial charge in [-0.05, 0) is 12.3 Å². The zero-order chi connectivity index (χ0) is 17.3. The third-order valence-corrected chi connectivity index (χ3v) is 4.06. The van der Waals surface area contributed by atoms with Gasteiger partial charge in [0.15, 0.2) is 17.2 Å². The molecule has 0 saturated heterocycles. The second-order valence-electron chi connectivity index (χ2n) is 5.82. The van der Waals surface area contributed by atoms with Gasteiger partial charge in [-0.15, -0.1) is 0 Å². The topological polar surface area (TPSA) is 70.6 Å². The Morgan fingerprint density at radius 3 is 2.83 bits per heavy atom. The average molecular weight is 336 g/mol. The van der Waals surface area contributed by atoms with Crippen LogP contribution in [0, 0.1) is 17.2 Å². The van der Waals surface area contributed by atoms with Crippen molar-refractivity contribution in [3.8, 4) is 6.07 Å². The number of nitriles is 1. The van der Waals surface area contributed by atoms with Gasteiger partial charge >= 0.3 is 6.18 Å². The first kappa shape index (κ1) is 16.2. The van der Waals surface area contributed by atoms with Crippen LogP contribution in [0.5, 0.6) is 0 Å². The van der Waals surface area contributed by atoms with E-state index in [0.29, 0.717) is 31.2 Å². The van der Waals surface area contributed by atoms with Crippen LogP contribution in [0.2, 0.25) is 0 Å². The SMILES string of the molecule is CN(CC1CCc2nc(C(F)(F)F)cn2C1)c1nccnc1C#N. The van der Waals surface area contributed by atoms with Crippen molar-refractivity contribution in [2.75, 3.05) is 18.5 Å². The molecule has 0 fully saturated rings. The maximum absolute atomic E-state index is 12.8. The first-order valence-electron chi connectivity index (χ1n) is 7.44. The van der Waals surface area contributed by atoms with Crippen molar-refractivity contribution in [3.63, 3.8) is 0 Å². The Hall–Kier alpha value is -2.63. The van der Waals surface area contributed by atoms with Gasteiger partial charge in [-0.1, -0.05) is 0 Å². The summed E-state index contributed by atoms with van der Waals surface area (Å²) in [6.07, 6.45) is 0.855. The molecule has 9 heteroatoms. The van der Waals surface area contributed by atoms with Crippen molar-refractivity contribution < 1.29 is 13.2 Å². The van der Waals surface area contributed by atoms with Crippen molar-refractivity contribution >= 4 is 5.82 Å². The molecular weight excluding hydrogens is 321 g/mol. The number of imidazole rings is 1. The minimum atomic E-state index is -4.42. The Bertz CT molecular complexity index is 776. The number of aromatic nitrogens is 4. The molecule has 1 aliphatic heterocycles. The Balaban J connectivity index is 1.72. The number of nitrogens with zero attached hydrogens (tertiary/aromatic N) is 6. The summed E-state index contributed by atoms with van der Waals surface area (Å²) in [4.78, 5) is 13.6. The molecule has 3 heterocycles. The molecule has 126 valence electrons. The van der Waals surface area contributed by atoms with E-state index in [1.54, 1.807) is 11.6 Å². The van der Waals surface area contributed by atoms with E-state index >= 15 is 0 Å². The van der Waals surface area contributed by atoms with E-state index in [9.17, 15) is 13.2 Å². The van der Waals surface area contributed by atoms with Gasteiger partial charge in [0.25, 0.3) is 0 Å². The molecule has 2 aromatic heterocycles. The molecule has 0 N–H and O–H groups in total. The predicted octanol–water partition coefficient (Wildman–Crippen LogP) is 2.26. The van der Waals surface area contributed by atoms with Gasteiger partial charge in [0, 0.05) is 45.1 Å². The van der Waals surface area contributed by atoms with E-state index in [-0.39, 0.29) is 11.6 Å². The number of hydrogen-bond donors (Lipinski definition) is 0. The van der Waals surface area contributed by atoms with Crippen molar-refractivity contribution in [2.24, 2.45) is 5.92 Å². The summed E-state index contributed by atoms with van der Waals surface area (Å²) in [7, 11) is 1.80. The van der Waals surface area contributed by atoms with E-state index in [2.05, 4.69) is 15.0 Å². The number of anilines is 1. The second kappa shape index (κ2) is 6.11. The highest BCUT2D eigenvalue weighted by atomic mass is 19.4. The van der Waals surface area contributed by atoms with E-state index < -0.39 is 11.9 Å². The average Bonchev–Trinajstić information content (AvgIpc) is 2.98. The van der Waals surface area contributed by atoms with Gasteiger partial charge in [0.05, 0.1) is 0 Å². The predicted molar refractivity (Wildman–Crippen MR) is 79.1 cm³/mol. The van der Waals surface area contributed by atoms with Crippen molar-refractivity contribution in [1.29, 1.82) is 5.26 Å². The third kappa shape index (κ3) is 3.18. The summed E-state index contributed by atoms with van der Waals surface area (Å²) in [5, 5.41) is 9.08. The molecule has 24 heavy (non-hydrogen) atoms. The third-order valence-electron chi connectivity index (χ3n) is 4.06. The molecule has 0 bridgehead atoms. The summed E-state index contributed by atoms with van der Waals surface area (Å²) in [5.41, 5.74) is -0.606. The zero-order valence-corrected chi connectivity index (χ0v) is 13.0. The van der Waals surface area contributed by atoms with Crippen LogP contribution in [0.25, 0.3) is 0 Å². The minimum absolute atomic E-state index is 0.145. The standard InChI is InChI=1S/C15H15F3N6/c1-23(14-11(6-19)20-4-5-21-14)7-10-2-3-13-22-12(15(16,17)18)9-24(13)8-10/h4-5,9-10H,2-3,7-8H2,1H3. The Morgan fingerprint density at radius 2 is 2.12 bits per heavy atom. The van der Waals surface area contributed by atoms with Gasteiger partial charge in [-0.25, -0.2) is 15.0 Å². The van der Waals surface area contributed by atoms with Crippen LogP contribution in [0.15, 0.2) is 18.6 Å². The molecule has 3 rings (SSSR count). The highest BCUT2D eigenvalue weighted by Crippen LogP contribution is 2.31. The lowest BCUT2D eigenvalue weighted by Gasteiger charge is -2.28. The Labute approximate surface area is 136 Å². The lowest BCUT2D eigenvalue weighted by atomic mass is 9.99. The largest absolute Gasteiger partial charge is 0.434 e. The summed E-state index contributed by atoms with van der Waals surface area (Å²) < 4.78 is 39.8. The zero-order valence-electron chi connectivity index (χ0n) is 13.0. The molecular formula is C15H15F3N6. The fourth-order valence-corrected chi connectivity index (χ4v) is 2.96. The quantitative estimate of drug-likeness (QED) is 0.860. The van der Waals surface area contributed by atoms with E-state index in [0.717, 1.165) is 12.6 Å². The van der Waals surface area contributed by atoms with Crippen LogP contribution in [-0.4, -0.2) is 33.1 Å². The number of rotatable bonds is 3. The van der Waals surface area contributed by atoms with Gasteiger partial charge in [-0.2, -0.15) is 18.4 Å². The Morgan fingerprint density at radius 1 is 1.38 bits per heavy atom. The number of hydrogen-bond acceptors (Lipinski definition) is 5. The van der Waals surface area contributed by atoms with Gasteiger partial charge < -0.3 is 9.47 Å². The number of halogens is 3. The molecule has 0 radical (unpaired) electrons. The summed E-state index contributed by atoms with van der Waals surface area (Å²) in [5.74, 6) is 1.09. The molecule has 0 aliphatic carbocycles. The van der Waals surface area contributed by atoms with Crippen LogP contribution >= 0.6 is 0 Å². The van der Waals surface area contributed by atoms with Crippen molar-refractivity contribution in [2.45, 2.75) is 25.6 Å². The maximum Gasteiger partial charge on any atom is 0.434 e. The second-order valence-corrected chi connectivity index (χ2v) is 5.82. The first-order valence-corrected chi connectivity index (χ1v) is 7.44. The Kier molecular flexibility index (Phi) is 4.13. The van der Waals surface area contributed by atoms with E-state index in [1.807, 2.05) is 11.0 Å². The van der Waals surface area contributed by atoms with E-state index in [4.69, 9.17) is 5.26 Å². The highest BCUT2D eigenvalue weighted by Gasteiger charge is 2.35. The summed E-state index contributed by atoms with van der Waals surface area (Å²) in [6, 6.07) is 1.99. The van der Waals surface area contributed by atoms with Gasteiger partial charge in [0.2, 0.25) is 0 Å². The minimum Gasteiger partial charge on any atom is -0.357 e. The summed E-state index contributed by atoms with van der Waals surface area (Å²) >= 11 is 0. The van der Waals surface area contributed by atoms with Crippen LogP contribution in [-0.2, 0) is 19.1 Å². The van der Waals surface area contributed by atoms with E-state index in [1.165, 1.54) is 12.4 Å². The molecule has 1 atom stereocenters. The summed E-state index contributed by atoms with van der Waals surface area (Å²) in [6.45, 7) is 1.04. The fourth-order valence-electron chi connectivity index (χ4n) is 2.96. The van der Waals surface area contributed by atoms with Gasteiger partial charge in [-0.3, -0.25) is 0 Å². The smallest absolute Gasteiger partial charge is 0.357 e. The van der Waals surface area contributed by atoms with Crippen LogP contribution in [0.1, 0.15) is 23.6 Å². The number of aryl methyl sites for hydroxylation is 1. The molecule has 0 aromatic carbocycles. The molecule has 0 saturated carbocycles. The number of alkyl halides is 3. The molecule has 0 amide bonds.